The summed E-state index contributed by atoms with van der Waals surface area (Å²) in [6, 6.07) is 0. The number of likely N-dealkylation sites (tertiary alicyclic amines) is 1. The summed E-state index contributed by atoms with van der Waals surface area (Å²) in [6.07, 6.45) is 3.19. The first-order valence-corrected chi connectivity index (χ1v) is 4.79. The summed E-state index contributed by atoms with van der Waals surface area (Å²) in [6.45, 7) is 3.19. The van der Waals surface area contributed by atoms with Gasteiger partial charge in [-0.15, -0.1) is 10.2 Å². The summed E-state index contributed by atoms with van der Waals surface area (Å²) in [5.74, 6) is 1.18. The minimum atomic E-state index is 0.147. The topological polar surface area (TPSA) is 59.2 Å². The van der Waals surface area contributed by atoms with Crippen LogP contribution in [-0.4, -0.2) is 34.1 Å². The predicted octanol–water partition coefficient (Wildman–Crippen LogP) is 0.795. The van der Waals surface area contributed by atoms with Crippen LogP contribution in [0, 0.1) is 0 Å². The Morgan fingerprint density at radius 1 is 1.57 bits per heavy atom. The van der Waals surface area contributed by atoms with Crippen LogP contribution in [-0.2, 0) is 4.79 Å². The summed E-state index contributed by atoms with van der Waals surface area (Å²) in [5.41, 5.74) is 0. The first-order chi connectivity index (χ1) is 6.77. The zero-order valence-corrected chi connectivity index (χ0v) is 8.14. The number of hydrogen-bond acceptors (Lipinski definition) is 4. The van der Waals surface area contributed by atoms with E-state index in [9.17, 15) is 4.79 Å². The van der Waals surface area contributed by atoms with Crippen molar-refractivity contribution in [2.75, 3.05) is 13.1 Å². The van der Waals surface area contributed by atoms with E-state index in [-0.39, 0.29) is 5.91 Å². The molecule has 2 heterocycles. The van der Waals surface area contributed by atoms with E-state index in [4.69, 9.17) is 4.42 Å². The average Bonchev–Trinajstić information content (AvgIpc) is 2.71. The predicted molar refractivity (Wildman–Crippen MR) is 48.5 cm³/mol. The van der Waals surface area contributed by atoms with Crippen molar-refractivity contribution in [1.29, 1.82) is 0 Å². The van der Waals surface area contributed by atoms with Crippen LogP contribution in [0.4, 0.5) is 0 Å². The fourth-order valence-corrected chi connectivity index (χ4v) is 1.80. The second-order valence-corrected chi connectivity index (χ2v) is 3.56. The van der Waals surface area contributed by atoms with Gasteiger partial charge >= 0.3 is 0 Å². The Bertz CT molecular complexity index is 302. The Hall–Kier alpha value is -1.39. The molecular formula is C9H13N3O2. The molecule has 76 valence electrons. The van der Waals surface area contributed by atoms with Crippen molar-refractivity contribution in [1.82, 2.24) is 15.1 Å². The maximum Gasteiger partial charge on any atom is 0.219 e. The fraction of sp³-hybridized carbons (Fsp3) is 0.667. The highest BCUT2D eigenvalue weighted by Gasteiger charge is 2.24. The fourth-order valence-electron chi connectivity index (χ4n) is 1.80. The molecule has 0 bridgehead atoms. The van der Waals surface area contributed by atoms with E-state index in [1.807, 2.05) is 4.90 Å². The molecule has 1 amide bonds. The lowest BCUT2D eigenvalue weighted by Gasteiger charge is -2.29. The number of aromatic nitrogens is 2. The van der Waals surface area contributed by atoms with Crippen LogP contribution in [0.5, 0.6) is 0 Å². The van der Waals surface area contributed by atoms with Gasteiger partial charge in [-0.2, -0.15) is 0 Å². The molecule has 0 unspecified atom stereocenters. The van der Waals surface area contributed by atoms with E-state index in [2.05, 4.69) is 10.2 Å². The largest absolute Gasteiger partial charge is 0.428 e. The number of rotatable bonds is 1. The number of amides is 1. The molecule has 1 saturated heterocycles. The van der Waals surface area contributed by atoms with Gasteiger partial charge in [-0.1, -0.05) is 0 Å². The zero-order valence-electron chi connectivity index (χ0n) is 8.14. The number of carbonyl (C=O) groups is 1. The van der Waals surface area contributed by atoms with E-state index >= 15 is 0 Å². The molecule has 1 aliphatic heterocycles. The highest BCUT2D eigenvalue weighted by atomic mass is 16.4. The molecule has 0 aromatic carbocycles. The second kappa shape index (κ2) is 3.77. The molecule has 0 radical (unpaired) electrons. The van der Waals surface area contributed by atoms with Crippen molar-refractivity contribution < 1.29 is 9.21 Å². The Morgan fingerprint density at radius 3 is 2.79 bits per heavy atom. The van der Waals surface area contributed by atoms with Crippen molar-refractivity contribution in [2.45, 2.75) is 25.7 Å². The zero-order chi connectivity index (χ0) is 9.97. The van der Waals surface area contributed by atoms with Gasteiger partial charge in [0.15, 0.2) is 0 Å². The number of hydrogen-bond donors (Lipinski definition) is 0. The highest BCUT2D eigenvalue weighted by Crippen LogP contribution is 2.25. The van der Waals surface area contributed by atoms with E-state index < -0.39 is 0 Å². The Balaban J connectivity index is 1.93. The van der Waals surface area contributed by atoms with Crippen LogP contribution in [0.1, 0.15) is 31.6 Å². The Labute approximate surface area is 82.1 Å². The standard InChI is InChI=1S/C9H13N3O2/c1-7(13)12-4-2-8(3-5-12)9-11-10-6-14-9/h6,8H,2-5H2,1H3. The number of piperidine rings is 1. The number of nitrogens with zero attached hydrogens (tertiary/aromatic N) is 3. The van der Waals surface area contributed by atoms with Gasteiger partial charge in [-0.25, -0.2) is 0 Å². The Morgan fingerprint density at radius 2 is 2.29 bits per heavy atom. The second-order valence-electron chi connectivity index (χ2n) is 3.56. The van der Waals surface area contributed by atoms with Crippen LogP contribution in [0.2, 0.25) is 0 Å². The highest BCUT2D eigenvalue weighted by molar-refractivity contribution is 5.73. The van der Waals surface area contributed by atoms with Crippen molar-refractivity contribution >= 4 is 5.91 Å². The summed E-state index contributed by atoms with van der Waals surface area (Å²) in [4.78, 5) is 12.9. The summed E-state index contributed by atoms with van der Waals surface area (Å²) >= 11 is 0. The molecule has 1 aromatic heterocycles. The molecule has 0 aliphatic carbocycles. The minimum absolute atomic E-state index is 0.147. The molecule has 1 fully saturated rings. The van der Waals surface area contributed by atoms with Crippen molar-refractivity contribution in [2.24, 2.45) is 0 Å². The average molecular weight is 195 g/mol. The first-order valence-electron chi connectivity index (χ1n) is 4.79. The molecule has 0 N–H and O–H groups in total. The maximum atomic E-state index is 11.1. The van der Waals surface area contributed by atoms with Gasteiger partial charge in [0.05, 0.1) is 0 Å². The van der Waals surface area contributed by atoms with E-state index in [1.165, 1.54) is 6.39 Å². The third-order valence-electron chi connectivity index (χ3n) is 2.67. The summed E-state index contributed by atoms with van der Waals surface area (Å²) in [7, 11) is 0. The molecule has 0 atom stereocenters. The molecule has 5 heteroatoms. The van der Waals surface area contributed by atoms with Crippen LogP contribution >= 0.6 is 0 Å². The van der Waals surface area contributed by atoms with E-state index in [0.29, 0.717) is 11.8 Å². The van der Waals surface area contributed by atoms with Crippen molar-refractivity contribution in [3.63, 3.8) is 0 Å². The molecule has 2 rings (SSSR count). The molecule has 1 aliphatic rings. The lowest BCUT2D eigenvalue weighted by atomic mass is 9.97. The maximum absolute atomic E-state index is 11.1. The van der Waals surface area contributed by atoms with Crippen molar-refractivity contribution in [3.8, 4) is 0 Å². The van der Waals surface area contributed by atoms with E-state index in [1.54, 1.807) is 6.92 Å². The monoisotopic (exact) mass is 195 g/mol. The van der Waals surface area contributed by atoms with Crippen LogP contribution in [0.3, 0.4) is 0 Å². The normalized spacial score (nSPS) is 18.5. The van der Waals surface area contributed by atoms with Gasteiger partial charge in [-0.3, -0.25) is 4.79 Å². The van der Waals surface area contributed by atoms with Crippen LogP contribution in [0.15, 0.2) is 10.8 Å². The first kappa shape index (κ1) is 9.18. The summed E-state index contributed by atoms with van der Waals surface area (Å²) in [5, 5.41) is 7.54. The quantitative estimate of drug-likeness (QED) is 0.665. The van der Waals surface area contributed by atoms with Gasteiger partial charge in [0.25, 0.3) is 0 Å². The minimum Gasteiger partial charge on any atom is -0.428 e. The van der Waals surface area contributed by atoms with E-state index in [0.717, 1.165) is 25.9 Å². The SMILES string of the molecule is CC(=O)N1CCC(c2nnco2)CC1. The van der Waals surface area contributed by atoms with Crippen LogP contribution in [0.25, 0.3) is 0 Å². The molecule has 0 saturated carbocycles. The van der Waals surface area contributed by atoms with Gasteiger partial charge in [0.1, 0.15) is 0 Å². The molecule has 5 nitrogen and oxygen atoms in total. The molecule has 14 heavy (non-hydrogen) atoms. The molecule has 1 aromatic rings. The Kier molecular flexibility index (Phi) is 2.47. The number of carbonyl (C=O) groups excluding carboxylic acids is 1. The third kappa shape index (κ3) is 1.76. The van der Waals surface area contributed by atoms with Gasteiger partial charge in [0.2, 0.25) is 18.2 Å². The molecule has 0 spiro atoms. The van der Waals surface area contributed by atoms with Gasteiger partial charge in [-0.05, 0) is 12.8 Å². The smallest absolute Gasteiger partial charge is 0.219 e. The van der Waals surface area contributed by atoms with Gasteiger partial charge in [0, 0.05) is 25.9 Å². The summed E-state index contributed by atoms with van der Waals surface area (Å²) < 4.78 is 5.14. The van der Waals surface area contributed by atoms with Crippen molar-refractivity contribution in [3.05, 3.63) is 12.3 Å². The lowest BCUT2D eigenvalue weighted by molar-refractivity contribution is -0.129. The molecular weight excluding hydrogens is 182 g/mol. The third-order valence-corrected chi connectivity index (χ3v) is 2.67. The van der Waals surface area contributed by atoms with Crippen LogP contribution < -0.4 is 0 Å². The lowest BCUT2D eigenvalue weighted by Crippen LogP contribution is -2.36. The van der Waals surface area contributed by atoms with Gasteiger partial charge < -0.3 is 9.32 Å².